The molecule has 0 amide bonds. The first kappa shape index (κ1) is 13.0. The molecule has 0 aliphatic carbocycles. The number of hydrogen-bond acceptors (Lipinski definition) is 3. The van der Waals surface area contributed by atoms with Crippen LogP contribution in [-0.4, -0.2) is 22.1 Å². The molecule has 0 spiro atoms. The molecule has 0 fully saturated rings. The fraction of sp³-hybridized carbons (Fsp3) is 0.455. The Kier molecular flexibility index (Phi) is 4.76. The van der Waals surface area contributed by atoms with E-state index in [0.717, 1.165) is 12.0 Å². The maximum absolute atomic E-state index is 11.3. The van der Waals surface area contributed by atoms with E-state index in [-0.39, 0.29) is 5.75 Å². The molecule has 0 saturated carbocycles. The molecule has 0 atom stereocenters. The highest BCUT2D eigenvalue weighted by Crippen LogP contribution is 2.15. The number of ether oxygens (including phenoxy) is 1. The minimum absolute atomic E-state index is 0.0210. The van der Waals surface area contributed by atoms with Crippen molar-refractivity contribution >= 4 is 10.0 Å². The molecule has 1 aromatic rings. The Morgan fingerprint density at radius 1 is 1.38 bits per heavy atom. The van der Waals surface area contributed by atoms with Gasteiger partial charge in [-0.1, -0.05) is 19.1 Å². The number of hydrogen-bond donors (Lipinski definition) is 1. The highest BCUT2D eigenvalue weighted by Gasteiger charge is 2.08. The second kappa shape index (κ2) is 5.86. The molecule has 0 unspecified atom stereocenters. The second-order valence-corrected chi connectivity index (χ2v) is 5.39. The summed E-state index contributed by atoms with van der Waals surface area (Å²) >= 11 is 0. The first-order valence-electron chi connectivity index (χ1n) is 5.20. The number of nitrogens with one attached hydrogen (secondary N) is 1. The van der Waals surface area contributed by atoms with E-state index >= 15 is 0 Å². The van der Waals surface area contributed by atoms with Crippen molar-refractivity contribution in [3.8, 4) is 5.75 Å². The van der Waals surface area contributed by atoms with Gasteiger partial charge in [-0.25, -0.2) is 13.1 Å². The van der Waals surface area contributed by atoms with Gasteiger partial charge in [0.05, 0.1) is 12.4 Å². The summed E-state index contributed by atoms with van der Waals surface area (Å²) in [4.78, 5) is 0. The van der Waals surface area contributed by atoms with Crippen molar-refractivity contribution < 1.29 is 13.2 Å². The maximum atomic E-state index is 11.3. The number of benzene rings is 1. The van der Waals surface area contributed by atoms with Gasteiger partial charge in [0, 0.05) is 0 Å². The van der Waals surface area contributed by atoms with Crippen molar-refractivity contribution in [1.82, 2.24) is 4.72 Å². The monoisotopic (exact) mass is 243 g/mol. The fourth-order valence-electron chi connectivity index (χ4n) is 1.24. The second-order valence-electron chi connectivity index (χ2n) is 3.46. The summed E-state index contributed by atoms with van der Waals surface area (Å²) in [6.07, 6.45) is 0.930. The van der Waals surface area contributed by atoms with Crippen molar-refractivity contribution in [1.29, 1.82) is 0 Å². The summed E-state index contributed by atoms with van der Waals surface area (Å²) in [6, 6.07) is 7.15. The van der Waals surface area contributed by atoms with Crippen LogP contribution in [-0.2, 0) is 15.8 Å². The van der Waals surface area contributed by atoms with E-state index in [4.69, 9.17) is 4.74 Å². The average molecular weight is 243 g/mol. The summed E-state index contributed by atoms with van der Waals surface area (Å²) in [5.41, 5.74) is 0.725. The van der Waals surface area contributed by atoms with Crippen molar-refractivity contribution in [2.75, 3.05) is 13.7 Å². The Labute approximate surface area is 96.7 Å². The zero-order valence-electron chi connectivity index (χ0n) is 9.56. The molecule has 1 aromatic carbocycles. The molecule has 0 radical (unpaired) electrons. The minimum atomic E-state index is -3.22. The molecule has 4 nitrogen and oxygen atoms in total. The molecule has 0 aliphatic rings. The lowest BCUT2D eigenvalue weighted by Gasteiger charge is -2.07. The summed E-state index contributed by atoms with van der Waals surface area (Å²) in [5, 5.41) is 0. The molecular weight excluding hydrogens is 226 g/mol. The van der Waals surface area contributed by atoms with Crippen LogP contribution in [0.2, 0.25) is 0 Å². The van der Waals surface area contributed by atoms with Crippen molar-refractivity contribution in [2.24, 2.45) is 0 Å². The summed E-state index contributed by atoms with van der Waals surface area (Å²) in [7, 11) is -1.81. The third-order valence-electron chi connectivity index (χ3n) is 2.04. The predicted molar refractivity (Wildman–Crippen MR) is 63.9 cm³/mol. The molecule has 1 rings (SSSR count). The molecular formula is C11H17NO3S. The smallest absolute Gasteiger partial charge is 0.215 e. The fourth-order valence-corrected chi connectivity index (χ4v) is 2.00. The Morgan fingerprint density at radius 3 is 2.75 bits per heavy atom. The lowest BCUT2D eigenvalue weighted by Crippen LogP contribution is -2.20. The Morgan fingerprint density at radius 2 is 2.12 bits per heavy atom. The molecule has 1 N–H and O–H groups in total. The Bertz CT molecular complexity index is 429. The highest BCUT2D eigenvalue weighted by molar-refractivity contribution is 7.88. The van der Waals surface area contributed by atoms with Crippen LogP contribution in [0.4, 0.5) is 0 Å². The van der Waals surface area contributed by atoms with E-state index in [9.17, 15) is 8.42 Å². The molecule has 0 saturated heterocycles. The Hall–Kier alpha value is -1.07. The van der Waals surface area contributed by atoms with Crippen LogP contribution in [0.15, 0.2) is 24.3 Å². The lowest BCUT2D eigenvalue weighted by atomic mass is 10.2. The third-order valence-corrected chi connectivity index (χ3v) is 3.37. The van der Waals surface area contributed by atoms with Gasteiger partial charge in [0.25, 0.3) is 0 Å². The molecule has 90 valence electrons. The zero-order chi connectivity index (χ0) is 12.0. The van der Waals surface area contributed by atoms with Gasteiger partial charge in [0.1, 0.15) is 5.75 Å². The lowest BCUT2D eigenvalue weighted by molar-refractivity contribution is 0.317. The normalized spacial score (nSPS) is 11.4. The number of sulfonamides is 1. The Balaban J connectivity index is 2.75. The van der Waals surface area contributed by atoms with Gasteiger partial charge in [-0.05, 0) is 31.2 Å². The molecule has 0 bridgehead atoms. The molecule has 0 aliphatic heterocycles. The van der Waals surface area contributed by atoms with E-state index < -0.39 is 10.0 Å². The molecule has 5 heteroatoms. The summed E-state index contributed by atoms with van der Waals surface area (Å²) < 4.78 is 30.4. The molecule has 0 aromatic heterocycles. The van der Waals surface area contributed by atoms with Gasteiger partial charge in [-0.2, -0.15) is 0 Å². The highest BCUT2D eigenvalue weighted by atomic mass is 32.2. The van der Waals surface area contributed by atoms with Crippen molar-refractivity contribution in [2.45, 2.75) is 19.1 Å². The van der Waals surface area contributed by atoms with Crippen LogP contribution in [0.5, 0.6) is 5.75 Å². The van der Waals surface area contributed by atoms with E-state index in [1.165, 1.54) is 7.05 Å². The SMILES string of the molecule is CCCOc1cccc(CS(=O)(=O)NC)c1. The van der Waals surface area contributed by atoms with Crippen LogP contribution < -0.4 is 9.46 Å². The first-order chi connectivity index (χ1) is 7.57. The van der Waals surface area contributed by atoms with E-state index in [2.05, 4.69) is 4.72 Å². The quantitative estimate of drug-likeness (QED) is 0.824. The van der Waals surface area contributed by atoms with Crippen LogP contribution in [0, 0.1) is 0 Å². The first-order valence-corrected chi connectivity index (χ1v) is 6.85. The largest absolute Gasteiger partial charge is 0.494 e. The maximum Gasteiger partial charge on any atom is 0.215 e. The van der Waals surface area contributed by atoms with Crippen molar-refractivity contribution in [3.05, 3.63) is 29.8 Å². The van der Waals surface area contributed by atoms with Crippen LogP contribution in [0.25, 0.3) is 0 Å². The van der Waals surface area contributed by atoms with Crippen molar-refractivity contribution in [3.63, 3.8) is 0 Å². The number of rotatable bonds is 6. The topological polar surface area (TPSA) is 55.4 Å². The zero-order valence-corrected chi connectivity index (χ0v) is 10.4. The standard InChI is InChI=1S/C11H17NO3S/c1-3-7-15-11-6-4-5-10(8-11)9-16(13,14)12-2/h4-6,8,12H,3,7,9H2,1-2H3. The van der Waals surface area contributed by atoms with Gasteiger partial charge in [0.2, 0.25) is 10.0 Å². The van der Waals surface area contributed by atoms with E-state index in [1.54, 1.807) is 18.2 Å². The van der Waals surface area contributed by atoms with Gasteiger partial charge in [-0.15, -0.1) is 0 Å². The summed E-state index contributed by atoms with van der Waals surface area (Å²) in [6.45, 7) is 2.66. The predicted octanol–water partition coefficient (Wildman–Crippen LogP) is 1.52. The van der Waals surface area contributed by atoms with Gasteiger partial charge >= 0.3 is 0 Å². The van der Waals surface area contributed by atoms with Gasteiger partial charge in [-0.3, -0.25) is 0 Å². The van der Waals surface area contributed by atoms with E-state index in [0.29, 0.717) is 12.4 Å². The van der Waals surface area contributed by atoms with Gasteiger partial charge in [0.15, 0.2) is 0 Å². The van der Waals surface area contributed by atoms with Crippen LogP contribution >= 0.6 is 0 Å². The van der Waals surface area contributed by atoms with Gasteiger partial charge < -0.3 is 4.74 Å². The van der Waals surface area contributed by atoms with E-state index in [1.807, 2.05) is 13.0 Å². The average Bonchev–Trinajstić information content (AvgIpc) is 2.26. The van der Waals surface area contributed by atoms with Crippen LogP contribution in [0.1, 0.15) is 18.9 Å². The third kappa shape index (κ3) is 4.20. The molecule has 0 heterocycles. The minimum Gasteiger partial charge on any atom is -0.494 e. The molecule has 16 heavy (non-hydrogen) atoms. The summed E-state index contributed by atoms with van der Waals surface area (Å²) in [5.74, 6) is 0.693. The van der Waals surface area contributed by atoms with Crippen LogP contribution in [0.3, 0.4) is 0 Å².